The minimum Gasteiger partial charge on any atom is -0.299 e. The highest BCUT2D eigenvalue weighted by molar-refractivity contribution is 5.82. The van der Waals surface area contributed by atoms with Crippen LogP contribution in [0.3, 0.4) is 0 Å². The van der Waals surface area contributed by atoms with Gasteiger partial charge in [-0.3, -0.25) is 9.55 Å². The number of halogens is 3. The van der Waals surface area contributed by atoms with Gasteiger partial charge in [0.15, 0.2) is 5.69 Å². The van der Waals surface area contributed by atoms with Gasteiger partial charge in [0.1, 0.15) is 5.82 Å². The summed E-state index contributed by atoms with van der Waals surface area (Å²) in [5, 5.41) is 0. The molecule has 0 saturated heterocycles. The topological polar surface area (TPSA) is 30.7 Å². The van der Waals surface area contributed by atoms with Crippen LogP contribution in [0.15, 0.2) is 79.1 Å². The predicted octanol–water partition coefficient (Wildman–Crippen LogP) is 5.93. The molecule has 28 heavy (non-hydrogen) atoms. The Labute approximate surface area is 160 Å². The standard InChI is InChI=1S/C22H16F3N3/c1-15-20(18(12-13-26-15)16-8-4-2-5-9-16)21-27-19(22(23,24)25)14-28(21)17-10-6-3-7-11-17/h2-14H,1H3. The lowest BCUT2D eigenvalue weighted by Gasteiger charge is -2.14. The number of pyridine rings is 1. The Morgan fingerprint density at radius 3 is 2.14 bits per heavy atom. The zero-order valence-electron chi connectivity index (χ0n) is 15.0. The molecule has 0 amide bonds. The van der Waals surface area contributed by atoms with Crippen LogP contribution in [0.25, 0.3) is 28.2 Å². The van der Waals surface area contributed by atoms with Crippen LogP contribution < -0.4 is 0 Å². The molecule has 0 fully saturated rings. The molecule has 0 aliphatic carbocycles. The van der Waals surface area contributed by atoms with Crippen molar-refractivity contribution < 1.29 is 13.2 Å². The maximum atomic E-state index is 13.4. The fraction of sp³-hybridized carbons (Fsp3) is 0.0909. The minimum atomic E-state index is -4.54. The summed E-state index contributed by atoms with van der Waals surface area (Å²) in [4.78, 5) is 8.29. The van der Waals surface area contributed by atoms with E-state index in [0.717, 1.165) is 17.3 Å². The third-order valence-corrected chi connectivity index (χ3v) is 4.48. The zero-order valence-corrected chi connectivity index (χ0v) is 15.0. The fourth-order valence-electron chi connectivity index (χ4n) is 3.19. The summed E-state index contributed by atoms with van der Waals surface area (Å²) in [6, 6.07) is 20.2. The van der Waals surface area contributed by atoms with Crippen LogP contribution in [0.5, 0.6) is 0 Å². The Morgan fingerprint density at radius 2 is 1.50 bits per heavy atom. The smallest absolute Gasteiger partial charge is 0.299 e. The van der Waals surface area contributed by atoms with Gasteiger partial charge in [0.05, 0.1) is 0 Å². The van der Waals surface area contributed by atoms with Gasteiger partial charge in [-0.25, -0.2) is 4.98 Å². The lowest BCUT2D eigenvalue weighted by molar-refractivity contribution is -0.140. The van der Waals surface area contributed by atoms with E-state index in [1.807, 2.05) is 36.4 Å². The van der Waals surface area contributed by atoms with Gasteiger partial charge in [-0.05, 0) is 36.2 Å². The number of aryl methyl sites for hydroxylation is 1. The van der Waals surface area contributed by atoms with Crippen LogP contribution in [0.4, 0.5) is 13.2 Å². The van der Waals surface area contributed by atoms with Crippen molar-refractivity contribution in [3.05, 3.63) is 90.5 Å². The molecule has 0 bridgehead atoms. The van der Waals surface area contributed by atoms with Gasteiger partial charge in [-0.2, -0.15) is 13.2 Å². The molecule has 0 atom stereocenters. The van der Waals surface area contributed by atoms with Gasteiger partial charge in [0.25, 0.3) is 0 Å². The molecule has 0 N–H and O–H groups in total. The molecular weight excluding hydrogens is 363 g/mol. The predicted molar refractivity (Wildman–Crippen MR) is 102 cm³/mol. The Hall–Kier alpha value is -3.41. The van der Waals surface area contributed by atoms with Crippen molar-refractivity contribution in [2.24, 2.45) is 0 Å². The summed E-state index contributed by atoms with van der Waals surface area (Å²) in [7, 11) is 0. The van der Waals surface area contributed by atoms with E-state index in [9.17, 15) is 13.2 Å². The fourth-order valence-corrected chi connectivity index (χ4v) is 3.19. The lowest BCUT2D eigenvalue weighted by Crippen LogP contribution is -2.05. The summed E-state index contributed by atoms with van der Waals surface area (Å²) in [5.41, 5.74) is 2.52. The highest BCUT2D eigenvalue weighted by Gasteiger charge is 2.35. The van der Waals surface area contributed by atoms with Gasteiger partial charge in [-0.15, -0.1) is 0 Å². The molecule has 6 heteroatoms. The maximum Gasteiger partial charge on any atom is 0.434 e. The van der Waals surface area contributed by atoms with Gasteiger partial charge in [0.2, 0.25) is 0 Å². The number of imidazole rings is 1. The number of para-hydroxylation sites is 1. The summed E-state index contributed by atoms with van der Waals surface area (Å²) in [5.74, 6) is 0.211. The minimum absolute atomic E-state index is 0.211. The normalized spacial score (nSPS) is 11.6. The van der Waals surface area contributed by atoms with Crippen LogP contribution in [0.1, 0.15) is 11.4 Å². The van der Waals surface area contributed by atoms with Crippen LogP contribution in [-0.2, 0) is 6.18 Å². The molecule has 2 heterocycles. The van der Waals surface area contributed by atoms with Crippen molar-refractivity contribution in [3.63, 3.8) is 0 Å². The second kappa shape index (κ2) is 6.96. The molecule has 0 aliphatic rings. The molecule has 0 aliphatic heterocycles. The first-order chi connectivity index (χ1) is 13.4. The second-order valence-corrected chi connectivity index (χ2v) is 6.34. The average molecular weight is 379 g/mol. The Morgan fingerprint density at radius 1 is 0.857 bits per heavy atom. The molecule has 0 spiro atoms. The first-order valence-corrected chi connectivity index (χ1v) is 8.68. The Bertz CT molecular complexity index is 1100. The van der Waals surface area contributed by atoms with E-state index in [0.29, 0.717) is 16.9 Å². The van der Waals surface area contributed by atoms with Crippen molar-refractivity contribution in [1.29, 1.82) is 0 Å². The van der Waals surface area contributed by atoms with Crippen molar-refractivity contribution in [3.8, 4) is 28.2 Å². The second-order valence-electron chi connectivity index (χ2n) is 6.34. The summed E-state index contributed by atoms with van der Waals surface area (Å²) in [6.45, 7) is 1.78. The molecule has 4 rings (SSSR count). The number of nitrogens with zero attached hydrogens (tertiary/aromatic N) is 3. The number of hydrogen-bond donors (Lipinski definition) is 0. The van der Waals surface area contributed by atoms with Gasteiger partial charge in [0, 0.05) is 29.3 Å². The molecule has 0 unspecified atom stereocenters. The largest absolute Gasteiger partial charge is 0.434 e. The van der Waals surface area contributed by atoms with E-state index < -0.39 is 11.9 Å². The molecule has 3 nitrogen and oxygen atoms in total. The highest BCUT2D eigenvalue weighted by Crippen LogP contribution is 2.37. The number of alkyl halides is 3. The molecule has 140 valence electrons. The van der Waals surface area contributed by atoms with Gasteiger partial charge >= 0.3 is 6.18 Å². The van der Waals surface area contributed by atoms with Crippen LogP contribution in [0, 0.1) is 6.92 Å². The Kier molecular flexibility index (Phi) is 4.47. The maximum absolute atomic E-state index is 13.4. The van der Waals surface area contributed by atoms with Crippen molar-refractivity contribution in [2.75, 3.05) is 0 Å². The van der Waals surface area contributed by atoms with E-state index in [-0.39, 0.29) is 5.82 Å². The van der Waals surface area contributed by atoms with Gasteiger partial charge in [-0.1, -0.05) is 48.5 Å². The number of benzene rings is 2. The first-order valence-electron chi connectivity index (χ1n) is 8.68. The molecular formula is C22H16F3N3. The molecule has 0 saturated carbocycles. The lowest BCUT2D eigenvalue weighted by atomic mass is 9.99. The van der Waals surface area contributed by atoms with Crippen molar-refractivity contribution in [1.82, 2.24) is 14.5 Å². The van der Waals surface area contributed by atoms with Crippen molar-refractivity contribution >= 4 is 0 Å². The monoisotopic (exact) mass is 379 g/mol. The molecule has 4 aromatic rings. The summed E-state index contributed by atoms with van der Waals surface area (Å²) in [6.07, 6.45) is -1.86. The molecule has 2 aromatic carbocycles. The van der Waals surface area contributed by atoms with Crippen LogP contribution in [-0.4, -0.2) is 14.5 Å². The van der Waals surface area contributed by atoms with E-state index >= 15 is 0 Å². The first kappa shape index (κ1) is 18.0. The van der Waals surface area contributed by atoms with Crippen LogP contribution in [0.2, 0.25) is 0 Å². The third kappa shape index (κ3) is 3.29. The van der Waals surface area contributed by atoms with E-state index in [1.54, 1.807) is 43.5 Å². The van der Waals surface area contributed by atoms with Crippen LogP contribution >= 0.6 is 0 Å². The van der Waals surface area contributed by atoms with E-state index in [2.05, 4.69) is 9.97 Å². The quantitative estimate of drug-likeness (QED) is 0.442. The van der Waals surface area contributed by atoms with Crippen molar-refractivity contribution in [2.45, 2.75) is 13.1 Å². The number of hydrogen-bond acceptors (Lipinski definition) is 2. The average Bonchev–Trinajstić information content (AvgIpc) is 3.14. The van der Waals surface area contributed by atoms with E-state index in [4.69, 9.17) is 0 Å². The molecule has 2 aromatic heterocycles. The number of rotatable bonds is 3. The number of aromatic nitrogens is 3. The van der Waals surface area contributed by atoms with E-state index in [1.165, 1.54) is 4.57 Å². The highest BCUT2D eigenvalue weighted by atomic mass is 19.4. The van der Waals surface area contributed by atoms with Gasteiger partial charge < -0.3 is 0 Å². The summed E-state index contributed by atoms with van der Waals surface area (Å²) < 4.78 is 41.8. The summed E-state index contributed by atoms with van der Waals surface area (Å²) >= 11 is 0. The third-order valence-electron chi connectivity index (χ3n) is 4.48. The zero-order chi connectivity index (χ0) is 19.7. The SMILES string of the molecule is Cc1nccc(-c2ccccc2)c1-c1nc(C(F)(F)F)cn1-c1ccccc1. The Balaban J connectivity index is 2.02. The molecule has 0 radical (unpaired) electrons.